The van der Waals surface area contributed by atoms with E-state index < -0.39 is 0 Å². The molecule has 1 atom stereocenters. The monoisotopic (exact) mass is 484 g/mol. The van der Waals surface area contributed by atoms with Gasteiger partial charge in [-0.25, -0.2) is 0 Å². The Hall–Kier alpha value is -2.98. The van der Waals surface area contributed by atoms with Gasteiger partial charge in [0.05, 0.1) is 13.0 Å². The Morgan fingerprint density at radius 1 is 0.833 bits per heavy atom. The predicted octanol–water partition coefficient (Wildman–Crippen LogP) is 6.55. The summed E-state index contributed by atoms with van der Waals surface area (Å²) in [5.41, 5.74) is 10.5. The summed E-state index contributed by atoms with van der Waals surface area (Å²) in [4.78, 5) is 5.17. The molecule has 0 bridgehead atoms. The number of anilines is 1. The smallest absolute Gasteiger partial charge is 0.127 e. The largest absolute Gasteiger partial charge is 0.497 e. The van der Waals surface area contributed by atoms with Gasteiger partial charge in [0.1, 0.15) is 17.1 Å². The highest BCUT2D eigenvalue weighted by molar-refractivity contribution is 5.72. The number of fused-ring (bicyclic) bond motifs is 1. The first kappa shape index (κ1) is 24.7. The number of benzene rings is 3. The van der Waals surface area contributed by atoms with Crippen molar-refractivity contribution in [3.8, 4) is 11.5 Å². The maximum absolute atomic E-state index is 6.69. The average Bonchev–Trinajstić information content (AvgIpc) is 3.16. The first-order chi connectivity index (χ1) is 17.2. The van der Waals surface area contributed by atoms with Gasteiger partial charge in [0.2, 0.25) is 0 Å². The number of methoxy groups -OCH3 is 1. The van der Waals surface area contributed by atoms with Crippen LogP contribution in [0.4, 0.5) is 5.69 Å². The molecule has 4 heteroatoms. The third kappa shape index (κ3) is 4.37. The molecule has 0 spiro atoms. The molecule has 3 aromatic carbocycles. The Morgan fingerprint density at radius 3 is 2.08 bits per heavy atom. The van der Waals surface area contributed by atoms with E-state index in [4.69, 9.17) is 9.47 Å². The van der Waals surface area contributed by atoms with Crippen LogP contribution in [0.1, 0.15) is 58.7 Å². The summed E-state index contributed by atoms with van der Waals surface area (Å²) < 4.78 is 12.0. The van der Waals surface area contributed by atoms with Crippen LogP contribution in [0.25, 0.3) is 0 Å². The van der Waals surface area contributed by atoms with Crippen molar-refractivity contribution in [3.05, 3.63) is 87.5 Å². The highest BCUT2D eigenvalue weighted by Crippen LogP contribution is 2.54. The van der Waals surface area contributed by atoms with Crippen LogP contribution < -0.4 is 14.4 Å². The van der Waals surface area contributed by atoms with Crippen LogP contribution >= 0.6 is 0 Å². The highest BCUT2D eigenvalue weighted by atomic mass is 16.5. The number of piperazine rings is 1. The van der Waals surface area contributed by atoms with Gasteiger partial charge in [0.15, 0.2) is 0 Å². The molecule has 2 aliphatic rings. The van der Waals surface area contributed by atoms with Crippen molar-refractivity contribution in [3.63, 3.8) is 0 Å². The Kier molecular flexibility index (Phi) is 6.50. The fourth-order valence-corrected chi connectivity index (χ4v) is 6.20. The van der Waals surface area contributed by atoms with Gasteiger partial charge in [-0.2, -0.15) is 0 Å². The van der Waals surface area contributed by atoms with Crippen LogP contribution in [0, 0.1) is 27.7 Å². The van der Waals surface area contributed by atoms with Crippen molar-refractivity contribution in [2.75, 3.05) is 38.2 Å². The third-order valence-electron chi connectivity index (χ3n) is 8.28. The number of nitrogens with zero attached hydrogens (tertiary/aromatic N) is 2. The zero-order valence-corrected chi connectivity index (χ0v) is 22.9. The normalized spacial score (nSPS) is 19.2. The van der Waals surface area contributed by atoms with E-state index in [9.17, 15) is 0 Å². The molecule has 5 rings (SSSR count). The lowest BCUT2D eigenvalue weighted by atomic mass is 9.78. The molecule has 0 saturated carbocycles. The average molecular weight is 485 g/mol. The molecule has 4 nitrogen and oxygen atoms in total. The quantitative estimate of drug-likeness (QED) is 0.410. The molecular weight excluding hydrogens is 444 g/mol. The van der Waals surface area contributed by atoms with Gasteiger partial charge in [0.25, 0.3) is 0 Å². The molecule has 1 unspecified atom stereocenters. The van der Waals surface area contributed by atoms with Crippen molar-refractivity contribution in [2.45, 2.75) is 59.6 Å². The first-order valence-corrected chi connectivity index (χ1v) is 13.2. The summed E-state index contributed by atoms with van der Waals surface area (Å²) in [5, 5.41) is 0. The van der Waals surface area contributed by atoms with Crippen molar-refractivity contribution >= 4 is 5.69 Å². The molecule has 0 aliphatic carbocycles. The van der Waals surface area contributed by atoms with E-state index in [-0.39, 0.29) is 11.5 Å². The van der Waals surface area contributed by atoms with Crippen LogP contribution in [0.3, 0.4) is 0 Å². The third-order valence-corrected chi connectivity index (χ3v) is 8.28. The molecule has 36 heavy (non-hydrogen) atoms. The minimum absolute atomic E-state index is 0.225. The summed E-state index contributed by atoms with van der Waals surface area (Å²) in [6, 6.07) is 17.5. The molecule has 0 aromatic heterocycles. The lowest BCUT2D eigenvalue weighted by Gasteiger charge is -2.38. The summed E-state index contributed by atoms with van der Waals surface area (Å²) in [5.74, 6) is 2.24. The van der Waals surface area contributed by atoms with Gasteiger partial charge in [-0.15, -0.1) is 0 Å². The van der Waals surface area contributed by atoms with Crippen molar-refractivity contribution in [1.29, 1.82) is 0 Å². The van der Waals surface area contributed by atoms with E-state index in [0.717, 1.165) is 44.2 Å². The van der Waals surface area contributed by atoms with Crippen molar-refractivity contribution in [2.24, 2.45) is 0 Å². The molecule has 2 aliphatic heterocycles. The summed E-state index contributed by atoms with van der Waals surface area (Å²) in [6.07, 6.45) is 0. The zero-order chi connectivity index (χ0) is 25.6. The standard InChI is InChI=1S/C32H40N2O2/c1-21-8-12-26(13-9-21)29-28-24(4)30(22(2)23(3)31(28)36-32(29,5)6)34-18-16-33(17-19-34)20-25-10-14-27(35-7)15-11-25/h8-15,29H,16-20H2,1-7H3. The maximum atomic E-state index is 6.69. The topological polar surface area (TPSA) is 24.9 Å². The van der Waals surface area contributed by atoms with Gasteiger partial charge in [-0.1, -0.05) is 42.0 Å². The second-order valence-electron chi connectivity index (χ2n) is 11.1. The number of hydrogen-bond acceptors (Lipinski definition) is 4. The van der Waals surface area contributed by atoms with E-state index in [1.54, 1.807) is 7.11 Å². The number of hydrogen-bond donors (Lipinski definition) is 0. The van der Waals surface area contributed by atoms with Crippen LogP contribution in [-0.2, 0) is 6.54 Å². The molecule has 1 fully saturated rings. The van der Waals surface area contributed by atoms with Gasteiger partial charge < -0.3 is 14.4 Å². The minimum Gasteiger partial charge on any atom is -0.497 e. The predicted molar refractivity (Wildman–Crippen MR) is 149 cm³/mol. The lowest BCUT2D eigenvalue weighted by molar-refractivity contribution is 0.121. The van der Waals surface area contributed by atoms with E-state index >= 15 is 0 Å². The minimum atomic E-state index is -0.283. The van der Waals surface area contributed by atoms with E-state index in [1.807, 2.05) is 0 Å². The Labute approximate surface area is 216 Å². The molecule has 2 heterocycles. The fourth-order valence-electron chi connectivity index (χ4n) is 6.20. The maximum Gasteiger partial charge on any atom is 0.127 e. The second kappa shape index (κ2) is 9.48. The van der Waals surface area contributed by atoms with E-state index in [2.05, 4.69) is 99.9 Å². The first-order valence-electron chi connectivity index (χ1n) is 13.2. The van der Waals surface area contributed by atoms with Crippen LogP contribution in [0.2, 0.25) is 0 Å². The SMILES string of the molecule is COc1ccc(CN2CCN(c3c(C)c(C)c4c(c3C)C(c3ccc(C)cc3)C(C)(C)O4)CC2)cc1. The van der Waals surface area contributed by atoms with Crippen molar-refractivity contribution < 1.29 is 9.47 Å². The molecular formula is C32H40N2O2. The molecule has 190 valence electrons. The van der Waals surface area contributed by atoms with Crippen LogP contribution in [0.15, 0.2) is 48.5 Å². The molecule has 3 aromatic rings. The summed E-state index contributed by atoms with van der Waals surface area (Å²) in [6.45, 7) is 18.6. The Balaban J connectivity index is 1.42. The summed E-state index contributed by atoms with van der Waals surface area (Å²) in [7, 11) is 1.72. The molecule has 0 N–H and O–H groups in total. The van der Waals surface area contributed by atoms with Gasteiger partial charge in [-0.05, 0) is 81.5 Å². The lowest BCUT2D eigenvalue weighted by Crippen LogP contribution is -2.46. The second-order valence-corrected chi connectivity index (χ2v) is 11.1. The Bertz CT molecular complexity index is 1240. The van der Waals surface area contributed by atoms with Gasteiger partial charge >= 0.3 is 0 Å². The van der Waals surface area contributed by atoms with E-state index in [1.165, 1.54) is 44.6 Å². The zero-order valence-electron chi connectivity index (χ0n) is 22.9. The number of rotatable bonds is 5. The highest BCUT2D eigenvalue weighted by Gasteiger charge is 2.45. The molecule has 0 radical (unpaired) electrons. The summed E-state index contributed by atoms with van der Waals surface area (Å²) >= 11 is 0. The molecule has 1 saturated heterocycles. The Morgan fingerprint density at radius 2 is 1.47 bits per heavy atom. The fraction of sp³-hybridized carbons (Fsp3) is 0.438. The number of ether oxygens (including phenoxy) is 2. The van der Waals surface area contributed by atoms with Gasteiger partial charge in [-0.3, -0.25) is 4.90 Å². The molecule has 0 amide bonds. The van der Waals surface area contributed by atoms with E-state index in [0.29, 0.717) is 0 Å². The van der Waals surface area contributed by atoms with Crippen LogP contribution in [-0.4, -0.2) is 43.8 Å². The van der Waals surface area contributed by atoms with Crippen molar-refractivity contribution in [1.82, 2.24) is 4.90 Å². The van der Waals surface area contributed by atoms with Gasteiger partial charge in [0, 0.05) is 44.0 Å². The van der Waals surface area contributed by atoms with Crippen LogP contribution in [0.5, 0.6) is 11.5 Å². The number of aryl methyl sites for hydroxylation is 1.